The molecule has 0 N–H and O–H groups in total. The maximum Gasteiger partial charge on any atom is -0.0230 e. The van der Waals surface area contributed by atoms with Crippen LogP contribution in [0.1, 0.15) is 46.6 Å². The molecule has 0 aliphatic heterocycles. The third kappa shape index (κ3) is 7.85. The highest BCUT2D eigenvalue weighted by Gasteiger charge is 2.09. The standard InChI is InChI=1S/C11H16.C3H8/c1-11(2,3)9-10-7-5-4-6-8-10;1-3-2/h4-8H,9H2,1-3H3;3H2,1-2H3. The Balaban J connectivity index is 0.000000500. The predicted octanol–water partition coefficient (Wildman–Crippen LogP) is 4.69. The lowest BCUT2D eigenvalue weighted by molar-refractivity contribution is 0.411. The Kier molecular flexibility index (Phi) is 6.27. The summed E-state index contributed by atoms with van der Waals surface area (Å²) >= 11 is 0. The van der Waals surface area contributed by atoms with E-state index >= 15 is 0 Å². The van der Waals surface area contributed by atoms with Crippen LogP contribution in [0.3, 0.4) is 0 Å². The van der Waals surface area contributed by atoms with Gasteiger partial charge in [-0.15, -0.1) is 0 Å². The Hall–Kier alpha value is -0.780. The normalized spacial score (nSPS) is 10.4. The summed E-state index contributed by atoms with van der Waals surface area (Å²) in [7, 11) is 0. The van der Waals surface area contributed by atoms with Gasteiger partial charge in [0, 0.05) is 0 Å². The Morgan fingerprint density at radius 3 is 1.71 bits per heavy atom. The van der Waals surface area contributed by atoms with Crippen molar-refractivity contribution < 1.29 is 0 Å². The molecule has 0 aliphatic carbocycles. The van der Waals surface area contributed by atoms with Gasteiger partial charge >= 0.3 is 0 Å². The van der Waals surface area contributed by atoms with Crippen molar-refractivity contribution in [2.45, 2.75) is 47.5 Å². The van der Waals surface area contributed by atoms with Crippen molar-refractivity contribution in [3.05, 3.63) is 35.9 Å². The molecule has 0 fully saturated rings. The summed E-state index contributed by atoms with van der Waals surface area (Å²) in [6.45, 7) is 11.0. The fourth-order valence-corrected chi connectivity index (χ4v) is 1.21. The number of hydrogen-bond donors (Lipinski definition) is 0. The zero-order chi connectivity index (χ0) is 11.0. The van der Waals surface area contributed by atoms with Crippen LogP contribution >= 0.6 is 0 Å². The van der Waals surface area contributed by atoms with Crippen molar-refractivity contribution in [2.75, 3.05) is 0 Å². The molecule has 0 bridgehead atoms. The zero-order valence-electron chi connectivity index (χ0n) is 10.3. The molecule has 0 amide bonds. The van der Waals surface area contributed by atoms with E-state index in [-0.39, 0.29) is 0 Å². The van der Waals surface area contributed by atoms with E-state index in [2.05, 4.69) is 65.0 Å². The van der Waals surface area contributed by atoms with E-state index in [9.17, 15) is 0 Å². The van der Waals surface area contributed by atoms with Gasteiger partial charge in [0.15, 0.2) is 0 Å². The molecule has 0 atom stereocenters. The molecule has 80 valence electrons. The van der Waals surface area contributed by atoms with Crippen LogP contribution in [0.15, 0.2) is 30.3 Å². The lowest BCUT2D eigenvalue weighted by atomic mass is 9.88. The maximum absolute atomic E-state index is 2.26. The summed E-state index contributed by atoms with van der Waals surface area (Å²) < 4.78 is 0. The molecule has 1 rings (SSSR count). The fraction of sp³-hybridized carbons (Fsp3) is 0.571. The van der Waals surface area contributed by atoms with Gasteiger partial charge in [-0.3, -0.25) is 0 Å². The van der Waals surface area contributed by atoms with Crippen molar-refractivity contribution in [3.8, 4) is 0 Å². The molecule has 0 radical (unpaired) electrons. The quantitative estimate of drug-likeness (QED) is 0.605. The summed E-state index contributed by atoms with van der Waals surface area (Å²) in [5.41, 5.74) is 1.83. The minimum absolute atomic E-state index is 0.404. The van der Waals surface area contributed by atoms with Crippen LogP contribution < -0.4 is 0 Å². The van der Waals surface area contributed by atoms with Gasteiger partial charge < -0.3 is 0 Å². The molecular weight excluding hydrogens is 168 g/mol. The van der Waals surface area contributed by atoms with Gasteiger partial charge in [-0.05, 0) is 17.4 Å². The van der Waals surface area contributed by atoms with Crippen LogP contribution in [-0.4, -0.2) is 0 Å². The van der Waals surface area contributed by atoms with Crippen LogP contribution in [0, 0.1) is 5.41 Å². The molecule has 1 aromatic rings. The average molecular weight is 192 g/mol. The van der Waals surface area contributed by atoms with E-state index < -0.39 is 0 Å². The highest BCUT2D eigenvalue weighted by atomic mass is 14.1. The molecule has 0 heteroatoms. The molecule has 0 spiro atoms. The van der Waals surface area contributed by atoms with Gasteiger partial charge in [0.2, 0.25) is 0 Å². The van der Waals surface area contributed by atoms with E-state index in [0.717, 1.165) is 6.42 Å². The third-order valence-corrected chi connectivity index (χ3v) is 1.58. The van der Waals surface area contributed by atoms with Gasteiger partial charge in [-0.25, -0.2) is 0 Å². The largest absolute Gasteiger partial charge is 0.0656 e. The first-order valence-corrected chi connectivity index (χ1v) is 5.53. The lowest BCUT2D eigenvalue weighted by Crippen LogP contribution is -2.08. The summed E-state index contributed by atoms with van der Waals surface area (Å²) in [4.78, 5) is 0. The third-order valence-electron chi connectivity index (χ3n) is 1.58. The zero-order valence-corrected chi connectivity index (χ0v) is 10.3. The van der Waals surface area contributed by atoms with E-state index in [1.807, 2.05) is 0 Å². The van der Waals surface area contributed by atoms with Crippen LogP contribution in [0.5, 0.6) is 0 Å². The smallest absolute Gasteiger partial charge is 0.0230 e. The van der Waals surface area contributed by atoms with Gasteiger partial charge in [-0.1, -0.05) is 71.4 Å². The molecule has 0 unspecified atom stereocenters. The summed E-state index contributed by atoms with van der Waals surface area (Å²) in [6.07, 6.45) is 2.41. The van der Waals surface area contributed by atoms with Crippen LogP contribution in [0.2, 0.25) is 0 Å². The fourth-order valence-electron chi connectivity index (χ4n) is 1.21. The van der Waals surface area contributed by atoms with E-state index in [1.54, 1.807) is 0 Å². The molecule has 0 aromatic heterocycles. The van der Waals surface area contributed by atoms with E-state index in [1.165, 1.54) is 12.0 Å². The van der Waals surface area contributed by atoms with Crippen molar-refractivity contribution in [1.29, 1.82) is 0 Å². The molecule has 0 saturated heterocycles. The van der Waals surface area contributed by atoms with E-state index in [0.29, 0.717) is 5.41 Å². The van der Waals surface area contributed by atoms with Crippen molar-refractivity contribution in [2.24, 2.45) is 5.41 Å². The van der Waals surface area contributed by atoms with Gasteiger partial charge in [0.05, 0.1) is 0 Å². The summed E-state index contributed by atoms with van der Waals surface area (Å²) in [5.74, 6) is 0. The van der Waals surface area contributed by atoms with Crippen molar-refractivity contribution in [3.63, 3.8) is 0 Å². The summed E-state index contributed by atoms with van der Waals surface area (Å²) in [6, 6.07) is 10.6. The van der Waals surface area contributed by atoms with Gasteiger partial charge in [0.25, 0.3) is 0 Å². The number of rotatable bonds is 1. The Bertz CT molecular complexity index is 216. The van der Waals surface area contributed by atoms with Crippen LogP contribution in [0.4, 0.5) is 0 Å². The Morgan fingerprint density at radius 2 is 1.36 bits per heavy atom. The number of hydrogen-bond acceptors (Lipinski definition) is 0. The second-order valence-electron chi connectivity index (χ2n) is 4.93. The first kappa shape index (κ1) is 13.2. The minimum atomic E-state index is 0.404. The van der Waals surface area contributed by atoms with Crippen LogP contribution in [-0.2, 0) is 6.42 Å². The van der Waals surface area contributed by atoms with Crippen molar-refractivity contribution >= 4 is 0 Å². The molecular formula is C14H24. The first-order chi connectivity index (χ1) is 6.49. The second-order valence-corrected chi connectivity index (χ2v) is 4.93. The van der Waals surface area contributed by atoms with Crippen molar-refractivity contribution in [1.82, 2.24) is 0 Å². The maximum atomic E-state index is 2.26. The molecule has 0 nitrogen and oxygen atoms in total. The monoisotopic (exact) mass is 192 g/mol. The second kappa shape index (κ2) is 6.64. The summed E-state index contributed by atoms with van der Waals surface area (Å²) in [5, 5.41) is 0. The highest BCUT2D eigenvalue weighted by molar-refractivity contribution is 5.15. The predicted molar refractivity (Wildman–Crippen MR) is 65.6 cm³/mol. The lowest BCUT2D eigenvalue weighted by Gasteiger charge is -2.17. The molecule has 0 saturated carbocycles. The Labute approximate surface area is 89.4 Å². The van der Waals surface area contributed by atoms with Gasteiger partial charge in [-0.2, -0.15) is 0 Å². The molecule has 1 aromatic carbocycles. The molecule has 0 heterocycles. The minimum Gasteiger partial charge on any atom is -0.0656 e. The number of benzene rings is 1. The van der Waals surface area contributed by atoms with E-state index in [4.69, 9.17) is 0 Å². The Morgan fingerprint density at radius 1 is 0.929 bits per heavy atom. The molecule has 0 aliphatic rings. The molecule has 14 heavy (non-hydrogen) atoms. The average Bonchev–Trinajstić information content (AvgIpc) is 2.04. The SMILES string of the molecule is CC(C)(C)Cc1ccccc1.CCC. The van der Waals surface area contributed by atoms with Crippen LogP contribution in [0.25, 0.3) is 0 Å². The highest BCUT2D eigenvalue weighted by Crippen LogP contribution is 2.19. The van der Waals surface area contributed by atoms with Gasteiger partial charge in [0.1, 0.15) is 0 Å². The topological polar surface area (TPSA) is 0 Å². The first-order valence-electron chi connectivity index (χ1n) is 5.53.